The third-order valence-corrected chi connectivity index (χ3v) is 3.80. The van der Waals surface area contributed by atoms with Gasteiger partial charge in [-0.25, -0.2) is 8.78 Å². The number of halogens is 3. The van der Waals surface area contributed by atoms with E-state index in [2.05, 4.69) is 10.6 Å². The zero-order valence-electron chi connectivity index (χ0n) is 12.6. The number of carbonyl (C=O) groups is 1. The number of amides is 1. The van der Waals surface area contributed by atoms with Crippen molar-refractivity contribution in [1.29, 1.82) is 0 Å². The maximum absolute atomic E-state index is 13.6. The molecule has 0 spiro atoms. The van der Waals surface area contributed by atoms with Gasteiger partial charge in [-0.15, -0.1) is 0 Å². The highest BCUT2D eigenvalue weighted by molar-refractivity contribution is 6.31. The third-order valence-electron chi connectivity index (χ3n) is 3.43. The first-order valence-corrected chi connectivity index (χ1v) is 7.53. The van der Waals surface area contributed by atoms with Crippen molar-refractivity contribution in [1.82, 2.24) is 10.6 Å². The van der Waals surface area contributed by atoms with Gasteiger partial charge in [0.05, 0.1) is 6.54 Å². The first kappa shape index (κ1) is 17.4. The molecule has 3 nitrogen and oxygen atoms in total. The molecule has 0 unspecified atom stereocenters. The van der Waals surface area contributed by atoms with Crippen LogP contribution >= 0.6 is 11.6 Å². The Morgan fingerprint density at radius 3 is 2.65 bits per heavy atom. The molecule has 0 aliphatic heterocycles. The molecule has 0 fully saturated rings. The molecule has 0 saturated heterocycles. The van der Waals surface area contributed by atoms with E-state index in [0.29, 0.717) is 17.1 Å². The molecule has 1 amide bonds. The maximum atomic E-state index is 13.6. The lowest BCUT2D eigenvalue weighted by atomic mass is 10.1. The van der Waals surface area contributed by atoms with E-state index in [-0.39, 0.29) is 12.5 Å². The molecule has 122 valence electrons. The second kappa shape index (κ2) is 8.04. The number of hydrogen-bond acceptors (Lipinski definition) is 2. The summed E-state index contributed by atoms with van der Waals surface area (Å²) < 4.78 is 26.5. The molecule has 6 heteroatoms. The number of nitrogens with one attached hydrogen (secondary N) is 2. The predicted octanol–water partition coefficient (Wildman–Crippen LogP) is 3.59. The van der Waals surface area contributed by atoms with Gasteiger partial charge in [0.25, 0.3) is 0 Å². The fraction of sp³-hybridized carbons (Fsp3) is 0.235. The lowest BCUT2D eigenvalue weighted by molar-refractivity contribution is -0.120. The van der Waals surface area contributed by atoms with Crippen LogP contribution in [0.4, 0.5) is 8.78 Å². The van der Waals surface area contributed by atoms with Crippen LogP contribution in [0.15, 0.2) is 42.5 Å². The Hall–Kier alpha value is -1.98. The van der Waals surface area contributed by atoms with Crippen molar-refractivity contribution in [2.75, 3.05) is 6.54 Å². The molecule has 0 aliphatic carbocycles. The molecule has 0 saturated carbocycles. The zero-order valence-corrected chi connectivity index (χ0v) is 13.3. The minimum atomic E-state index is -0.638. The van der Waals surface area contributed by atoms with Gasteiger partial charge in [0.15, 0.2) is 0 Å². The molecule has 2 N–H and O–H groups in total. The Balaban J connectivity index is 1.83. The van der Waals surface area contributed by atoms with Crippen LogP contribution in [0.2, 0.25) is 5.02 Å². The van der Waals surface area contributed by atoms with Crippen LogP contribution < -0.4 is 10.6 Å². The maximum Gasteiger partial charge on any atom is 0.234 e. The van der Waals surface area contributed by atoms with Crippen molar-refractivity contribution < 1.29 is 13.6 Å². The van der Waals surface area contributed by atoms with Gasteiger partial charge in [-0.1, -0.05) is 35.9 Å². The van der Waals surface area contributed by atoms with Crippen LogP contribution in [-0.4, -0.2) is 12.5 Å². The van der Waals surface area contributed by atoms with E-state index in [1.165, 1.54) is 12.1 Å². The molecule has 2 aromatic carbocycles. The average Bonchev–Trinajstić information content (AvgIpc) is 2.52. The zero-order chi connectivity index (χ0) is 16.8. The second-order valence-corrected chi connectivity index (χ2v) is 5.54. The van der Waals surface area contributed by atoms with Gasteiger partial charge >= 0.3 is 0 Å². The Morgan fingerprint density at radius 1 is 1.22 bits per heavy atom. The van der Waals surface area contributed by atoms with Crippen molar-refractivity contribution in [3.63, 3.8) is 0 Å². The highest BCUT2D eigenvalue weighted by Gasteiger charge is 2.12. The predicted molar refractivity (Wildman–Crippen MR) is 86.1 cm³/mol. The Labute approximate surface area is 138 Å². The van der Waals surface area contributed by atoms with Gasteiger partial charge in [0.1, 0.15) is 11.6 Å². The van der Waals surface area contributed by atoms with Gasteiger partial charge in [0, 0.05) is 29.2 Å². The molecule has 2 aromatic rings. The third kappa shape index (κ3) is 5.01. The standard InChI is InChI=1S/C17H17ClF2N2O/c1-11(14-7-6-13(19)8-16(14)20)21-10-17(23)22-9-12-4-2-3-5-15(12)18/h2-8,11,21H,9-10H2,1H3,(H,22,23)/t11-/m0/s1. The molecule has 2 rings (SSSR count). The first-order valence-electron chi connectivity index (χ1n) is 7.16. The summed E-state index contributed by atoms with van der Waals surface area (Å²) >= 11 is 6.01. The summed E-state index contributed by atoms with van der Waals surface area (Å²) in [6.45, 7) is 2.04. The Morgan fingerprint density at radius 2 is 1.96 bits per heavy atom. The van der Waals surface area contributed by atoms with Crippen molar-refractivity contribution >= 4 is 17.5 Å². The SMILES string of the molecule is C[C@H](NCC(=O)NCc1ccccc1Cl)c1ccc(F)cc1F. The number of rotatable bonds is 6. The summed E-state index contributed by atoms with van der Waals surface area (Å²) in [6.07, 6.45) is 0. The molecule has 0 heterocycles. The number of carbonyl (C=O) groups excluding carboxylic acids is 1. The summed E-state index contributed by atoms with van der Waals surface area (Å²) in [5.41, 5.74) is 1.13. The quantitative estimate of drug-likeness (QED) is 0.845. The van der Waals surface area contributed by atoms with Crippen molar-refractivity contribution in [2.45, 2.75) is 19.5 Å². The van der Waals surface area contributed by atoms with E-state index in [4.69, 9.17) is 11.6 Å². The summed E-state index contributed by atoms with van der Waals surface area (Å²) in [5, 5.41) is 6.22. The van der Waals surface area contributed by atoms with Crippen LogP contribution in [0.25, 0.3) is 0 Å². The lowest BCUT2D eigenvalue weighted by Gasteiger charge is -2.15. The van der Waals surface area contributed by atoms with Gasteiger partial charge in [-0.2, -0.15) is 0 Å². The average molecular weight is 339 g/mol. The largest absolute Gasteiger partial charge is 0.351 e. The van der Waals surface area contributed by atoms with Crippen molar-refractivity contribution in [2.24, 2.45) is 0 Å². The van der Waals surface area contributed by atoms with E-state index in [1.54, 1.807) is 13.0 Å². The van der Waals surface area contributed by atoms with Gasteiger partial charge in [0.2, 0.25) is 5.91 Å². The summed E-state index contributed by atoms with van der Waals surface area (Å²) in [5.74, 6) is -1.50. The highest BCUT2D eigenvalue weighted by atomic mass is 35.5. The molecular weight excluding hydrogens is 322 g/mol. The number of hydrogen-bond donors (Lipinski definition) is 2. The molecule has 0 aromatic heterocycles. The van der Waals surface area contributed by atoms with E-state index >= 15 is 0 Å². The minimum absolute atomic E-state index is 0.0163. The molecule has 0 aliphatic rings. The fourth-order valence-electron chi connectivity index (χ4n) is 2.11. The van der Waals surface area contributed by atoms with Gasteiger partial charge in [-0.3, -0.25) is 4.79 Å². The van der Waals surface area contributed by atoms with E-state index in [9.17, 15) is 13.6 Å². The monoisotopic (exact) mass is 338 g/mol. The Kier molecular flexibility index (Phi) is 6.07. The van der Waals surface area contributed by atoms with Crippen LogP contribution in [0.3, 0.4) is 0 Å². The van der Waals surface area contributed by atoms with Crippen LogP contribution in [0, 0.1) is 11.6 Å². The van der Waals surface area contributed by atoms with E-state index < -0.39 is 17.7 Å². The summed E-state index contributed by atoms with van der Waals surface area (Å²) in [7, 11) is 0. The van der Waals surface area contributed by atoms with Gasteiger partial charge in [-0.05, 0) is 24.6 Å². The topological polar surface area (TPSA) is 41.1 Å². The summed E-state index contributed by atoms with van der Waals surface area (Å²) in [6, 6.07) is 10.2. The van der Waals surface area contributed by atoms with Crippen molar-refractivity contribution in [3.8, 4) is 0 Å². The van der Waals surface area contributed by atoms with E-state index in [0.717, 1.165) is 11.6 Å². The summed E-state index contributed by atoms with van der Waals surface area (Å²) in [4.78, 5) is 11.8. The Bertz CT molecular complexity index is 694. The number of benzene rings is 2. The molecular formula is C17H17ClF2N2O. The lowest BCUT2D eigenvalue weighted by Crippen LogP contribution is -2.35. The van der Waals surface area contributed by atoms with Crippen LogP contribution in [0.1, 0.15) is 24.1 Å². The normalized spacial score (nSPS) is 12.0. The van der Waals surface area contributed by atoms with Crippen molar-refractivity contribution in [3.05, 3.63) is 70.2 Å². The van der Waals surface area contributed by atoms with E-state index in [1.807, 2.05) is 18.2 Å². The minimum Gasteiger partial charge on any atom is -0.351 e. The first-order chi connectivity index (χ1) is 11.0. The molecule has 23 heavy (non-hydrogen) atoms. The smallest absolute Gasteiger partial charge is 0.234 e. The molecule has 0 bridgehead atoms. The second-order valence-electron chi connectivity index (χ2n) is 5.14. The fourth-order valence-corrected chi connectivity index (χ4v) is 2.31. The van der Waals surface area contributed by atoms with Crippen LogP contribution in [0.5, 0.6) is 0 Å². The van der Waals surface area contributed by atoms with Gasteiger partial charge < -0.3 is 10.6 Å². The molecule has 1 atom stereocenters. The molecule has 0 radical (unpaired) electrons. The van der Waals surface area contributed by atoms with Crippen LogP contribution in [-0.2, 0) is 11.3 Å². The highest BCUT2D eigenvalue weighted by Crippen LogP contribution is 2.17.